The molecule has 6 nitrogen and oxygen atoms in total. The molecule has 6 heteroatoms. The number of phenolic OH excluding ortho intramolecular Hbond substituents is 1. The van der Waals surface area contributed by atoms with Crippen LogP contribution < -0.4 is 0 Å². The summed E-state index contributed by atoms with van der Waals surface area (Å²) in [5.41, 5.74) is 0.481. The number of carbonyl (C=O) groups excluding carboxylic acids is 1. The minimum Gasteiger partial charge on any atom is -0.506 e. The van der Waals surface area contributed by atoms with Crippen molar-refractivity contribution >= 4 is 22.4 Å². The Morgan fingerprint density at radius 1 is 1.08 bits per heavy atom. The van der Waals surface area contributed by atoms with Gasteiger partial charge in [0.2, 0.25) is 0 Å². The van der Waals surface area contributed by atoms with Gasteiger partial charge in [0.1, 0.15) is 17.9 Å². The van der Waals surface area contributed by atoms with Crippen LogP contribution in [0.2, 0.25) is 0 Å². The van der Waals surface area contributed by atoms with E-state index in [9.17, 15) is 20.0 Å². The fourth-order valence-electron chi connectivity index (χ4n) is 2.41. The van der Waals surface area contributed by atoms with Crippen LogP contribution in [0, 0.1) is 10.1 Å². The van der Waals surface area contributed by atoms with Gasteiger partial charge in [-0.15, -0.1) is 0 Å². The smallest absolute Gasteiger partial charge is 0.342 e. The zero-order valence-electron chi connectivity index (χ0n) is 12.5. The first-order valence-corrected chi connectivity index (χ1v) is 7.17. The van der Waals surface area contributed by atoms with Crippen molar-refractivity contribution in [3.05, 3.63) is 81.9 Å². The van der Waals surface area contributed by atoms with Crippen LogP contribution in [-0.4, -0.2) is 16.0 Å². The molecule has 0 bridgehead atoms. The van der Waals surface area contributed by atoms with Crippen molar-refractivity contribution < 1.29 is 19.6 Å². The van der Waals surface area contributed by atoms with E-state index in [-0.39, 0.29) is 23.6 Å². The number of rotatable bonds is 4. The van der Waals surface area contributed by atoms with E-state index in [0.29, 0.717) is 10.9 Å². The summed E-state index contributed by atoms with van der Waals surface area (Å²) in [6.07, 6.45) is 0. The molecule has 120 valence electrons. The molecule has 0 aliphatic rings. The Balaban J connectivity index is 1.79. The van der Waals surface area contributed by atoms with E-state index in [4.69, 9.17) is 4.74 Å². The zero-order chi connectivity index (χ0) is 17.1. The number of phenols is 1. The molecule has 0 radical (unpaired) electrons. The van der Waals surface area contributed by atoms with Crippen LogP contribution in [-0.2, 0) is 11.3 Å². The van der Waals surface area contributed by atoms with E-state index in [2.05, 4.69) is 0 Å². The Morgan fingerprint density at radius 3 is 2.67 bits per heavy atom. The molecule has 0 atom stereocenters. The first-order valence-electron chi connectivity index (χ1n) is 7.17. The molecule has 3 rings (SSSR count). The number of hydrogen-bond acceptors (Lipinski definition) is 5. The number of non-ortho nitro benzene ring substituents is 1. The van der Waals surface area contributed by atoms with E-state index in [1.165, 1.54) is 24.3 Å². The summed E-state index contributed by atoms with van der Waals surface area (Å²) in [5.74, 6) is -0.832. The average Bonchev–Trinajstić information content (AvgIpc) is 2.60. The first-order chi connectivity index (χ1) is 11.6. The third kappa shape index (κ3) is 3.03. The Hall–Kier alpha value is -3.41. The third-order valence-electron chi connectivity index (χ3n) is 3.61. The van der Waals surface area contributed by atoms with Crippen LogP contribution in [0.1, 0.15) is 15.9 Å². The fourth-order valence-corrected chi connectivity index (χ4v) is 2.41. The van der Waals surface area contributed by atoms with E-state index < -0.39 is 10.9 Å². The maximum Gasteiger partial charge on any atom is 0.342 e. The van der Waals surface area contributed by atoms with Gasteiger partial charge < -0.3 is 9.84 Å². The maximum absolute atomic E-state index is 12.2. The number of benzene rings is 3. The normalized spacial score (nSPS) is 10.5. The van der Waals surface area contributed by atoms with Crippen molar-refractivity contribution in [1.29, 1.82) is 0 Å². The highest BCUT2D eigenvalue weighted by molar-refractivity contribution is 6.01. The molecular formula is C18H13NO5. The van der Waals surface area contributed by atoms with Crippen LogP contribution in [0.15, 0.2) is 60.7 Å². The Labute approximate surface area is 137 Å². The number of carbonyl (C=O) groups is 1. The minimum atomic E-state index is -0.690. The van der Waals surface area contributed by atoms with Gasteiger partial charge in [0.15, 0.2) is 0 Å². The van der Waals surface area contributed by atoms with Crippen molar-refractivity contribution in [3.63, 3.8) is 0 Å². The second-order valence-corrected chi connectivity index (χ2v) is 5.19. The Morgan fingerprint density at radius 2 is 1.88 bits per heavy atom. The number of aromatic hydroxyl groups is 1. The molecule has 0 saturated heterocycles. The number of fused-ring (bicyclic) bond motifs is 1. The average molecular weight is 323 g/mol. The predicted octanol–water partition coefficient (Wildman–Crippen LogP) is 3.81. The minimum absolute atomic E-state index is 0.0548. The lowest BCUT2D eigenvalue weighted by Gasteiger charge is -2.08. The summed E-state index contributed by atoms with van der Waals surface area (Å²) >= 11 is 0. The predicted molar refractivity (Wildman–Crippen MR) is 87.8 cm³/mol. The molecule has 0 aliphatic heterocycles. The van der Waals surface area contributed by atoms with E-state index >= 15 is 0 Å². The van der Waals surface area contributed by atoms with Gasteiger partial charge in [-0.25, -0.2) is 4.79 Å². The Kier molecular flexibility index (Phi) is 4.11. The molecule has 0 amide bonds. The second-order valence-electron chi connectivity index (χ2n) is 5.19. The van der Waals surface area contributed by atoms with Crippen molar-refractivity contribution in [1.82, 2.24) is 0 Å². The SMILES string of the molecule is O=C(OCc1cccc([N+](=O)[O-])c1)c1ccc2ccccc2c1O. The van der Waals surface area contributed by atoms with E-state index in [0.717, 1.165) is 5.39 Å². The van der Waals surface area contributed by atoms with Crippen LogP contribution in [0.5, 0.6) is 5.75 Å². The standard InChI is InChI=1S/C18H13NO5/c20-17-15-7-2-1-5-13(15)8-9-16(17)18(21)24-11-12-4-3-6-14(10-12)19(22)23/h1-10,20H,11H2. The largest absolute Gasteiger partial charge is 0.506 e. The van der Waals surface area contributed by atoms with Gasteiger partial charge in [0, 0.05) is 17.5 Å². The fraction of sp³-hybridized carbons (Fsp3) is 0.0556. The van der Waals surface area contributed by atoms with Gasteiger partial charge in [-0.3, -0.25) is 10.1 Å². The van der Waals surface area contributed by atoms with Gasteiger partial charge in [0.25, 0.3) is 5.69 Å². The number of ether oxygens (including phenoxy) is 1. The molecule has 0 fully saturated rings. The summed E-state index contributed by atoms with van der Waals surface area (Å²) < 4.78 is 5.16. The van der Waals surface area contributed by atoms with Gasteiger partial charge >= 0.3 is 5.97 Å². The van der Waals surface area contributed by atoms with Crippen molar-refractivity contribution in [2.24, 2.45) is 0 Å². The second kappa shape index (κ2) is 6.37. The molecule has 0 spiro atoms. The lowest BCUT2D eigenvalue weighted by atomic mass is 10.1. The summed E-state index contributed by atoms with van der Waals surface area (Å²) in [6.45, 7) is -0.118. The third-order valence-corrected chi connectivity index (χ3v) is 3.61. The van der Waals surface area contributed by atoms with Crippen molar-refractivity contribution in [2.75, 3.05) is 0 Å². The van der Waals surface area contributed by atoms with Crippen molar-refractivity contribution in [3.8, 4) is 5.75 Å². The lowest BCUT2D eigenvalue weighted by Crippen LogP contribution is -2.06. The van der Waals surface area contributed by atoms with Crippen LogP contribution in [0.3, 0.4) is 0 Å². The molecule has 0 unspecified atom stereocenters. The molecule has 0 aliphatic carbocycles. The summed E-state index contributed by atoms with van der Waals surface area (Å²) in [6, 6.07) is 16.2. The molecule has 0 heterocycles. The van der Waals surface area contributed by atoms with E-state index in [1.54, 1.807) is 24.3 Å². The summed E-state index contributed by atoms with van der Waals surface area (Å²) in [7, 11) is 0. The molecule has 3 aromatic rings. The monoisotopic (exact) mass is 323 g/mol. The molecule has 0 saturated carbocycles. The maximum atomic E-state index is 12.2. The molecule has 3 aromatic carbocycles. The number of nitro benzene ring substituents is 1. The van der Waals surface area contributed by atoms with Gasteiger partial charge in [-0.1, -0.05) is 42.5 Å². The van der Waals surface area contributed by atoms with Crippen LogP contribution in [0.25, 0.3) is 10.8 Å². The van der Waals surface area contributed by atoms with Gasteiger partial charge in [0.05, 0.1) is 4.92 Å². The lowest BCUT2D eigenvalue weighted by molar-refractivity contribution is -0.384. The number of esters is 1. The number of hydrogen-bond donors (Lipinski definition) is 1. The highest BCUT2D eigenvalue weighted by atomic mass is 16.6. The topological polar surface area (TPSA) is 89.7 Å². The number of nitro groups is 1. The van der Waals surface area contributed by atoms with Gasteiger partial charge in [-0.05, 0) is 17.0 Å². The number of nitrogens with zero attached hydrogens (tertiary/aromatic N) is 1. The first kappa shape index (κ1) is 15.5. The highest BCUT2D eigenvalue weighted by Crippen LogP contribution is 2.29. The molecular weight excluding hydrogens is 310 g/mol. The molecule has 24 heavy (non-hydrogen) atoms. The van der Waals surface area contributed by atoms with Gasteiger partial charge in [-0.2, -0.15) is 0 Å². The zero-order valence-corrected chi connectivity index (χ0v) is 12.5. The van der Waals surface area contributed by atoms with Crippen LogP contribution >= 0.6 is 0 Å². The van der Waals surface area contributed by atoms with E-state index in [1.807, 2.05) is 12.1 Å². The van der Waals surface area contributed by atoms with Crippen molar-refractivity contribution in [2.45, 2.75) is 6.61 Å². The summed E-state index contributed by atoms with van der Waals surface area (Å²) in [4.78, 5) is 22.4. The highest BCUT2D eigenvalue weighted by Gasteiger charge is 2.15. The molecule has 1 N–H and O–H groups in total. The Bertz CT molecular complexity index is 936. The quantitative estimate of drug-likeness (QED) is 0.448. The summed E-state index contributed by atoms with van der Waals surface area (Å²) in [5, 5.41) is 22.4. The molecule has 0 aromatic heterocycles. The van der Waals surface area contributed by atoms with Crippen LogP contribution in [0.4, 0.5) is 5.69 Å².